The summed E-state index contributed by atoms with van der Waals surface area (Å²) in [6, 6.07) is 5.47. The molecule has 0 amide bonds. The summed E-state index contributed by atoms with van der Waals surface area (Å²) in [4.78, 5) is 0. The minimum atomic E-state index is -0.441. The summed E-state index contributed by atoms with van der Waals surface area (Å²) in [5.74, 6) is 0.790. The number of aliphatic hydroxyl groups is 1. The van der Waals surface area contributed by atoms with Crippen LogP contribution in [0.5, 0.6) is 5.75 Å². The molecule has 0 spiro atoms. The number of hydrogen-bond acceptors (Lipinski definition) is 2. The molecule has 0 bridgehead atoms. The maximum atomic E-state index is 10.1. The molecule has 1 aliphatic heterocycles. The van der Waals surface area contributed by atoms with Gasteiger partial charge in [0.1, 0.15) is 11.9 Å². The fourth-order valence-electron chi connectivity index (χ4n) is 2.47. The van der Waals surface area contributed by atoms with Crippen molar-refractivity contribution in [3.05, 3.63) is 28.8 Å². The molecule has 18 heavy (non-hydrogen) atoms. The van der Waals surface area contributed by atoms with Crippen LogP contribution in [-0.2, 0) is 0 Å². The molecule has 1 aromatic carbocycles. The number of halogens is 1. The summed E-state index contributed by atoms with van der Waals surface area (Å²) in [7, 11) is 0. The van der Waals surface area contributed by atoms with Gasteiger partial charge in [0.05, 0.1) is 6.10 Å². The van der Waals surface area contributed by atoms with Crippen LogP contribution in [0.4, 0.5) is 0 Å². The van der Waals surface area contributed by atoms with Crippen LogP contribution in [0.25, 0.3) is 0 Å². The van der Waals surface area contributed by atoms with Gasteiger partial charge in [-0.2, -0.15) is 0 Å². The quantitative estimate of drug-likeness (QED) is 0.797. The zero-order valence-electron chi connectivity index (χ0n) is 10.9. The Hall–Kier alpha value is -0.730. The topological polar surface area (TPSA) is 29.5 Å². The summed E-state index contributed by atoms with van der Waals surface area (Å²) in [6.07, 6.45) is 6.36. The second kappa shape index (κ2) is 6.44. The predicted octanol–water partition coefficient (Wildman–Crippen LogP) is 4.49. The van der Waals surface area contributed by atoms with Gasteiger partial charge in [0, 0.05) is 17.0 Å². The Balaban J connectivity index is 1.93. The van der Waals surface area contributed by atoms with Crippen LogP contribution < -0.4 is 4.74 Å². The normalized spacial score (nSPS) is 22.4. The summed E-state index contributed by atoms with van der Waals surface area (Å²) in [6.45, 7) is 2.21. The van der Waals surface area contributed by atoms with Crippen molar-refractivity contribution >= 4 is 11.6 Å². The number of fused-ring (bicyclic) bond motifs is 1. The van der Waals surface area contributed by atoms with Crippen molar-refractivity contribution in [1.82, 2.24) is 0 Å². The fraction of sp³-hybridized carbons (Fsp3) is 0.600. The first-order valence-electron chi connectivity index (χ1n) is 6.85. The van der Waals surface area contributed by atoms with Gasteiger partial charge in [-0.3, -0.25) is 0 Å². The average molecular weight is 269 g/mol. The van der Waals surface area contributed by atoms with Gasteiger partial charge in [-0.1, -0.05) is 37.8 Å². The fourth-order valence-corrected chi connectivity index (χ4v) is 2.65. The Morgan fingerprint density at radius 1 is 1.33 bits per heavy atom. The molecule has 0 radical (unpaired) electrons. The first kappa shape index (κ1) is 13.7. The predicted molar refractivity (Wildman–Crippen MR) is 74.2 cm³/mol. The first-order chi connectivity index (χ1) is 8.70. The van der Waals surface area contributed by atoms with Gasteiger partial charge in [0.2, 0.25) is 0 Å². The van der Waals surface area contributed by atoms with Crippen LogP contribution in [0.2, 0.25) is 5.02 Å². The van der Waals surface area contributed by atoms with Crippen molar-refractivity contribution in [2.75, 3.05) is 0 Å². The van der Waals surface area contributed by atoms with E-state index in [-0.39, 0.29) is 6.10 Å². The van der Waals surface area contributed by atoms with Gasteiger partial charge in [-0.15, -0.1) is 0 Å². The summed E-state index contributed by atoms with van der Waals surface area (Å²) >= 11 is 5.93. The largest absolute Gasteiger partial charge is 0.490 e. The lowest BCUT2D eigenvalue weighted by Crippen LogP contribution is -2.25. The molecule has 1 aliphatic rings. The maximum absolute atomic E-state index is 10.1. The molecule has 2 rings (SSSR count). The number of ether oxygens (including phenoxy) is 1. The summed E-state index contributed by atoms with van der Waals surface area (Å²) in [5.41, 5.74) is 0.826. The summed E-state index contributed by atoms with van der Waals surface area (Å²) in [5, 5.41) is 10.8. The van der Waals surface area contributed by atoms with E-state index < -0.39 is 6.10 Å². The Bertz CT molecular complexity index is 392. The van der Waals surface area contributed by atoms with E-state index in [1.54, 1.807) is 6.07 Å². The first-order valence-corrected chi connectivity index (χ1v) is 7.22. The third-order valence-corrected chi connectivity index (χ3v) is 3.73. The third kappa shape index (κ3) is 3.39. The zero-order chi connectivity index (χ0) is 13.0. The highest BCUT2D eigenvalue weighted by molar-refractivity contribution is 6.30. The number of aliphatic hydroxyl groups excluding tert-OH is 1. The molecular weight excluding hydrogens is 248 g/mol. The van der Waals surface area contributed by atoms with Gasteiger partial charge in [-0.25, -0.2) is 0 Å². The highest BCUT2D eigenvalue weighted by Crippen LogP contribution is 2.37. The Morgan fingerprint density at radius 2 is 2.17 bits per heavy atom. The van der Waals surface area contributed by atoms with Crippen molar-refractivity contribution in [2.45, 2.75) is 57.7 Å². The van der Waals surface area contributed by atoms with Crippen molar-refractivity contribution in [3.8, 4) is 5.75 Å². The molecule has 0 saturated carbocycles. The monoisotopic (exact) mass is 268 g/mol. The highest BCUT2D eigenvalue weighted by atomic mass is 35.5. The van der Waals surface area contributed by atoms with Crippen molar-refractivity contribution in [2.24, 2.45) is 0 Å². The Morgan fingerprint density at radius 3 is 2.94 bits per heavy atom. The lowest BCUT2D eigenvalue weighted by atomic mass is 9.96. The Labute approximate surface area is 114 Å². The zero-order valence-corrected chi connectivity index (χ0v) is 11.6. The minimum Gasteiger partial charge on any atom is -0.490 e. The SMILES string of the molecule is CCCCCCC1CC(O)c2cc(Cl)ccc2O1. The molecule has 1 N–H and O–H groups in total. The number of hydrogen-bond donors (Lipinski definition) is 1. The molecule has 0 fully saturated rings. The molecule has 0 saturated heterocycles. The van der Waals surface area contributed by atoms with Crippen LogP contribution in [0.1, 0.15) is 57.1 Å². The van der Waals surface area contributed by atoms with Gasteiger partial charge in [-0.05, 0) is 31.0 Å². The molecule has 1 heterocycles. The third-order valence-electron chi connectivity index (χ3n) is 3.49. The van der Waals surface area contributed by atoms with E-state index in [1.807, 2.05) is 12.1 Å². The van der Waals surface area contributed by atoms with Crippen molar-refractivity contribution < 1.29 is 9.84 Å². The van der Waals surface area contributed by atoms with Crippen LogP contribution in [0, 0.1) is 0 Å². The van der Waals surface area contributed by atoms with Crippen molar-refractivity contribution in [1.29, 1.82) is 0 Å². The second-order valence-corrected chi connectivity index (χ2v) is 5.46. The Kier molecular flexibility index (Phi) is 4.90. The van der Waals surface area contributed by atoms with E-state index in [4.69, 9.17) is 16.3 Å². The average Bonchev–Trinajstić information content (AvgIpc) is 2.36. The van der Waals surface area contributed by atoms with E-state index >= 15 is 0 Å². The minimum absolute atomic E-state index is 0.144. The van der Waals surface area contributed by atoms with Gasteiger partial charge >= 0.3 is 0 Å². The van der Waals surface area contributed by atoms with E-state index in [1.165, 1.54) is 25.7 Å². The molecule has 0 aliphatic carbocycles. The van der Waals surface area contributed by atoms with Crippen molar-refractivity contribution in [3.63, 3.8) is 0 Å². The number of rotatable bonds is 5. The van der Waals surface area contributed by atoms with Crippen LogP contribution in [-0.4, -0.2) is 11.2 Å². The van der Waals surface area contributed by atoms with E-state index in [9.17, 15) is 5.11 Å². The van der Waals surface area contributed by atoms with E-state index in [0.29, 0.717) is 11.4 Å². The molecule has 2 nitrogen and oxygen atoms in total. The molecule has 2 atom stereocenters. The molecular formula is C15H21ClO2. The molecule has 2 unspecified atom stereocenters. The highest BCUT2D eigenvalue weighted by Gasteiger charge is 2.26. The number of unbranched alkanes of at least 4 members (excludes halogenated alkanes) is 3. The maximum Gasteiger partial charge on any atom is 0.125 e. The van der Waals surface area contributed by atoms with Gasteiger partial charge in [0.25, 0.3) is 0 Å². The van der Waals surface area contributed by atoms with Crippen LogP contribution >= 0.6 is 11.6 Å². The standard InChI is InChI=1S/C15H21ClO2/c1-2-3-4-5-6-12-10-14(17)13-9-11(16)7-8-15(13)18-12/h7-9,12,14,17H,2-6,10H2,1H3. The van der Waals surface area contributed by atoms with Gasteiger partial charge < -0.3 is 9.84 Å². The van der Waals surface area contributed by atoms with E-state index in [2.05, 4.69) is 6.92 Å². The molecule has 0 aromatic heterocycles. The number of benzene rings is 1. The lowest BCUT2D eigenvalue weighted by Gasteiger charge is -2.29. The van der Waals surface area contributed by atoms with Crippen LogP contribution in [0.3, 0.4) is 0 Å². The van der Waals surface area contributed by atoms with Gasteiger partial charge in [0.15, 0.2) is 0 Å². The summed E-state index contributed by atoms with van der Waals surface area (Å²) < 4.78 is 5.92. The molecule has 3 heteroatoms. The molecule has 1 aromatic rings. The lowest BCUT2D eigenvalue weighted by molar-refractivity contribution is 0.0605. The molecule has 100 valence electrons. The van der Waals surface area contributed by atoms with E-state index in [0.717, 1.165) is 17.7 Å². The second-order valence-electron chi connectivity index (χ2n) is 5.02. The van der Waals surface area contributed by atoms with Crippen LogP contribution in [0.15, 0.2) is 18.2 Å². The smallest absolute Gasteiger partial charge is 0.125 e.